The molecule has 1 N–H and O–H groups in total. The standard InChI is InChI=1S/C24H19N3O4/c1-26-19-9-5-3-7-17(19)24(23(26)29)25-18-8-4-2-6-16(18)22(28)27(24)15-10-11-20-21(14-15)31-13-12-30-20/h2-11,14,25H,12-13H2,1H3/t24-/m1/s1. The number of rotatable bonds is 1. The molecule has 3 heterocycles. The molecular formula is C24H19N3O4. The second-order valence-electron chi connectivity index (χ2n) is 7.73. The number of nitrogens with one attached hydrogen (secondary N) is 1. The van der Waals surface area contributed by atoms with Crippen molar-refractivity contribution in [3.8, 4) is 11.5 Å². The summed E-state index contributed by atoms with van der Waals surface area (Å²) in [4.78, 5) is 30.8. The lowest BCUT2D eigenvalue weighted by atomic mass is 9.92. The van der Waals surface area contributed by atoms with Crippen LogP contribution in [0.25, 0.3) is 0 Å². The minimum Gasteiger partial charge on any atom is -0.486 e. The number of carbonyl (C=O) groups excluding carboxylic acids is 2. The molecule has 1 spiro atoms. The molecule has 0 radical (unpaired) electrons. The Labute approximate surface area is 178 Å². The van der Waals surface area contributed by atoms with Gasteiger partial charge >= 0.3 is 0 Å². The van der Waals surface area contributed by atoms with E-state index in [9.17, 15) is 9.59 Å². The number of likely N-dealkylation sites (N-methyl/N-ethyl adjacent to an activating group) is 1. The lowest BCUT2D eigenvalue weighted by Crippen LogP contribution is -2.62. The van der Waals surface area contributed by atoms with Crippen molar-refractivity contribution < 1.29 is 19.1 Å². The fourth-order valence-corrected chi connectivity index (χ4v) is 4.66. The fourth-order valence-electron chi connectivity index (χ4n) is 4.66. The van der Waals surface area contributed by atoms with Crippen molar-refractivity contribution in [3.05, 3.63) is 77.9 Å². The van der Waals surface area contributed by atoms with Gasteiger partial charge in [-0.2, -0.15) is 0 Å². The monoisotopic (exact) mass is 413 g/mol. The van der Waals surface area contributed by atoms with Crippen LogP contribution in [-0.4, -0.2) is 32.1 Å². The van der Waals surface area contributed by atoms with Crippen molar-refractivity contribution in [1.82, 2.24) is 0 Å². The third-order valence-electron chi connectivity index (χ3n) is 6.06. The number of hydrogen-bond donors (Lipinski definition) is 1. The number of amides is 2. The van der Waals surface area contributed by atoms with Crippen LogP contribution in [-0.2, 0) is 10.5 Å². The van der Waals surface area contributed by atoms with Gasteiger partial charge in [0.15, 0.2) is 11.5 Å². The molecule has 6 rings (SSSR count). The molecular weight excluding hydrogens is 394 g/mol. The predicted molar refractivity (Wildman–Crippen MR) is 116 cm³/mol. The minimum atomic E-state index is -1.40. The highest BCUT2D eigenvalue weighted by molar-refractivity contribution is 6.22. The van der Waals surface area contributed by atoms with Gasteiger partial charge in [-0.05, 0) is 30.3 Å². The first-order valence-corrected chi connectivity index (χ1v) is 10.1. The molecule has 0 saturated carbocycles. The summed E-state index contributed by atoms with van der Waals surface area (Å²) in [5.41, 5.74) is 1.76. The van der Waals surface area contributed by atoms with Crippen molar-refractivity contribution in [2.45, 2.75) is 5.66 Å². The van der Waals surface area contributed by atoms with Crippen molar-refractivity contribution in [3.63, 3.8) is 0 Å². The maximum Gasteiger partial charge on any atom is 0.278 e. The Morgan fingerprint density at radius 2 is 1.65 bits per heavy atom. The van der Waals surface area contributed by atoms with Crippen LogP contribution < -0.4 is 24.6 Å². The van der Waals surface area contributed by atoms with Crippen LogP contribution in [0.3, 0.4) is 0 Å². The summed E-state index contributed by atoms with van der Waals surface area (Å²) in [6, 6.07) is 20.1. The molecule has 3 aromatic rings. The zero-order valence-corrected chi connectivity index (χ0v) is 16.8. The normalized spacial score (nSPS) is 21.1. The number of hydrogen-bond acceptors (Lipinski definition) is 5. The van der Waals surface area contributed by atoms with E-state index in [1.165, 1.54) is 4.90 Å². The average molecular weight is 413 g/mol. The highest BCUT2D eigenvalue weighted by atomic mass is 16.6. The molecule has 0 fully saturated rings. The van der Waals surface area contributed by atoms with Gasteiger partial charge in [0.1, 0.15) is 13.2 Å². The number of benzene rings is 3. The Hall–Kier alpha value is -4.00. The van der Waals surface area contributed by atoms with Crippen LogP contribution in [0.1, 0.15) is 15.9 Å². The van der Waals surface area contributed by atoms with E-state index < -0.39 is 5.66 Å². The van der Waals surface area contributed by atoms with Crippen molar-refractivity contribution >= 4 is 28.9 Å². The van der Waals surface area contributed by atoms with E-state index >= 15 is 0 Å². The Morgan fingerprint density at radius 3 is 2.52 bits per heavy atom. The summed E-state index contributed by atoms with van der Waals surface area (Å²) < 4.78 is 11.4. The third kappa shape index (κ3) is 2.28. The molecule has 3 aliphatic rings. The zero-order valence-electron chi connectivity index (χ0n) is 16.8. The van der Waals surface area contributed by atoms with Gasteiger partial charge < -0.3 is 19.7 Å². The summed E-state index contributed by atoms with van der Waals surface area (Å²) in [5.74, 6) is 0.686. The van der Waals surface area contributed by atoms with Gasteiger partial charge in [0.2, 0.25) is 5.66 Å². The summed E-state index contributed by atoms with van der Waals surface area (Å²) in [6.07, 6.45) is 0. The number of ether oxygens (including phenoxy) is 2. The van der Waals surface area contributed by atoms with Crippen molar-refractivity contribution in [1.29, 1.82) is 0 Å². The number of fused-ring (bicyclic) bond motifs is 4. The molecule has 0 saturated heterocycles. The summed E-state index contributed by atoms with van der Waals surface area (Å²) in [7, 11) is 1.73. The highest BCUT2D eigenvalue weighted by Gasteiger charge is 2.59. The van der Waals surface area contributed by atoms with E-state index in [0.29, 0.717) is 41.7 Å². The molecule has 154 valence electrons. The number of carbonyl (C=O) groups is 2. The molecule has 31 heavy (non-hydrogen) atoms. The average Bonchev–Trinajstić information content (AvgIpc) is 3.01. The zero-order chi connectivity index (χ0) is 21.2. The Balaban J connectivity index is 1.63. The van der Waals surface area contributed by atoms with Gasteiger partial charge in [-0.1, -0.05) is 30.3 Å². The largest absolute Gasteiger partial charge is 0.486 e. The first-order chi connectivity index (χ1) is 15.1. The van der Waals surface area contributed by atoms with Crippen LogP contribution in [0.4, 0.5) is 17.1 Å². The van der Waals surface area contributed by atoms with E-state index in [1.807, 2.05) is 42.5 Å². The van der Waals surface area contributed by atoms with Gasteiger partial charge in [-0.15, -0.1) is 0 Å². The van der Waals surface area contributed by atoms with E-state index in [0.717, 1.165) is 11.3 Å². The summed E-state index contributed by atoms with van der Waals surface area (Å²) in [5, 5.41) is 3.41. The van der Waals surface area contributed by atoms with Crippen LogP contribution in [0, 0.1) is 0 Å². The van der Waals surface area contributed by atoms with Gasteiger partial charge in [-0.25, -0.2) is 0 Å². The highest BCUT2D eigenvalue weighted by Crippen LogP contribution is 2.50. The second-order valence-corrected chi connectivity index (χ2v) is 7.73. The van der Waals surface area contributed by atoms with E-state index in [2.05, 4.69) is 5.32 Å². The first kappa shape index (κ1) is 17.8. The minimum absolute atomic E-state index is 0.230. The van der Waals surface area contributed by atoms with Gasteiger partial charge in [0.05, 0.1) is 16.9 Å². The van der Waals surface area contributed by atoms with Crippen LogP contribution >= 0.6 is 0 Å². The van der Waals surface area contributed by atoms with Gasteiger partial charge in [0.25, 0.3) is 11.8 Å². The molecule has 3 aromatic carbocycles. The third-order valence-corrected chi connectivity index (χ3v) is 6.06. The quantitative estimate of drug-likeness (QED) is 0.663. The molecule has 0 unspecified atom stereocenters. The molecule has 7 heteroatoms. The fraction of sp³-hybridized carbons (Fsp3) is 0.167. The van der Waals surface area contributed by atoms with Crippen molar-refractivity contribution in [2.75, 3.05) is 35.4 Å². The maximum atomic E-state index is 13.9. The molecule has 0 bridgehead atoms. The topological polar surface area (TPSA) is 71.1 Å². The lowest BCUT2D eigenvalue weighted by molar-refractivity contribution is -0.121. The van der Waals surface area contributed by atoms with Crippen LogP contribution in [0.2, 0.25) is 0 Å². The van der Waals surface area contributed by atoms with Crippen LogP contribution in [0.15, 0.2) is 66.7 Å². The lowest BCUT2D eigenvalue weighted by Gasteiger charge is -2.45. The SMILES string of the molecule is CN1C(=O)[C@@]2(Nc3ccccc3C(=O)N2c2ccc3c(c2)OCCO3)c2ccccc21. The molecule has 7 nitrogen and oxygen atoms in total. The predicted octanol–water partition coefficient (Wildman–Crippen LogP) is 3.36. The molecule has 0 aromatic heterocycles. The van der Waals surface area contributed by atoms with Crippen molar-refractivity contribution in [2.24, 2.45) is 0 Å². The van der Waals surface area contributed by atoms with Gasteiger partial charge in [-0.3, -0.25) is 14.5 Å². The van der Waals surface area contributed by atoms with E-state index in [-0.39, 0.29) is 11.8 Å². The summed E-state index contributed by atoms with van der Waals surface area (Å²) in [6.45, 7) is 0.908. The first-order valence-electron chi connectivity index (χ1n) is 10.1. The summed E-state index contributed by atoms with van der Waals surface area (Å²) >= 11 is 0. The number of nitrogens with zero attached hydrogens (tertiary/aromatic N) is 2. The maximum absolute atomic E-state index is 13.9. The number of para-hydroxylation sites is 2. The van der Waals surface area contributed by atoms with Gasteiger partial charge in [0, 0.05) is 24.4 Å². The molecule has 1 atom stereocenters. The Bertz CT molecular complexity index is 1260. The molecule has 2 amide bonds. The molecule has 0 aliphatic carbocycles. The van der Waals surface area contributed by atoms with E-state index in [1.54, 1.807) is 36.2 Å². The Kier molecular flexibility index (Phi) is 3.59. The number of anilines is 3. The Morgan fingerprint density at radius 1 is 0.903 bits per heavy atom. The second kappa shape index (κ2) is 6.25. The molecule has 3 aliphatic heterocycles. The smallest absolute Gasteiger partial charge is 0.278 e. The van der Waals surface area contributed by atoms with Crippen LogP contribution in [0.5, 0.6) is 11.5 Å². The van der Waals surface area contributed by atoms with E-state index in [4.69, 9.17) is 9.47 Å².